The van der Waals surface area contributed by atoms with E-state index in [1.54, 1.807) is 6.07 Å². The predicted octanol–water partition coefficient (Wildman–Crippen LogP) is 2.10. The SMILES string of the molecule is CC(C)CNCc1ccc(S(=O)(=O)NCCC2CC2)o1. The highest BCUT2D eigenvalue weighted by Crippen LogP contribution is 2.31. The van der Waals surface area contributed by atoms with Gasteiger partial charge in [-0.15, -0.1) is 0 Å². The standard InChI is InChI=1S/C14H24N2O3S/c1-11(2)9-15-10-13-5-6-14(19-13)20(17,18)16-8-7-12-3-4-12/h5-6,11-12,15-16H,3-4,7-10H2,1-2H3. The van der Waals surface area contributed by atoms with Crippen LogP contribution in [-0.4, -0.2) is 21.5 Å². The molecule has 1 aliphatic carbocycles. The van der Waals surface area contributed by atoms with Crippen LogP contribution in [0.2, 0.25) is 0 Å². The van der Waals surface area contributed by atoms with Gasteiger partial charge in [0, 0.05) is 6.54 Å². The molecule has 2 N–H and O–H groups in total. The molecule has 0 atom stereocenters. The maximum atomic E-state index is 12.0. The second kappa shape index (κ2) is 6.74. The zero-order chi connectivity index (χ0) is 14.6. The van der Waals surface area contributed by atoms with Crippen LogP contribution in [0.25, 0.3) is 0 Å². The highest BCUT2D eigenvalue weighted by Gasteiger charge is 2.23. The number of furan rings is 1. The zero-order valence-corrected chi connectivity index (χ0v) is 13.0. The first-order valence-electron chi connectivity index (χ1n) is 7.26. The van der Waals surface area contributed by atoms with Gasteiger partial charge in [0.2, 0.25) is 5.09 Å². The third-order valence-electron chi connectivity index (χ3n) is 3.30. The number of hydrogen-bond acceptors (Lipinski definition) is 4. The van der Waals surface area contributed by atoms with Gasteiger partial charge in [-0.25, -0.2) is 13.1 Å². The lowest BCUT2D eigenvalue weighted by atomic mass is 10.2. The number of rotatable bonds is 9. The Kier molecular flexibility index (Phi) is 5.23. The van der Waals surface area contributed by atoms with Crippen molar-refractivity contribution in [2.45, 2.75) is 44.7 Å². The zero-order valence-electron chi connectivity index (χ0n) is 12.2. The van der Waals surface area contributed by atoms with E-state index in [4.69, 9.17) is 4.42 Å². The molecule has 5 nitrogen and oxygen atoms in total. The van der Waals surface area contributed by atoms with Gasteiger partial charge in [-0.05, 0) is 36.9 Å². The Morgan fingerprint density at radius 1 is 1.35 bits per heavy atom. The van der Waals surface area contributed by atoms with Gasteiger partial charge in [0.15, 0.2) is 0 Å². The van der Waals surface area contributed by atoms with Crippen LogP contribution in [0, 0.1) is 11.8 Å². The largest absolute Gasteiger partial charge is 0.447 e. The minimum Gasteiger partial charge on any atom is -0.447 e. The summed E-state index contributed by atoms with van der Waals surface area (Å²) < 4.78 is 32.0. The average Bonchev–Trinajstić information content (AvgIpc) is 3.04. The van der Waals surface area contributed by atoms with Gasteiger partial charge in [-0.2, -0.15) is 0 Å². The van der Waals surface area contributed by atoms with E-state index in [1.807, 2.05) is 0 Å². The lowest BCUT2D eigenvalue weighted by molar-refractivity contribution is 0.394. The summed E-state index contributed by atoms with van der Waals surface area (Å²) >= 11 is 0. The normalized spacial score (nSPS) is 15.9. The van der Waals surface area contributed by atoms with Crippen LogP contribution in [0.15, 0.2) is 21.6 Å². The fraction of sp³-hybridized carbons (Fsp3) is 0.714. The molecule has 114 valence electrons. The molecule has 6 heteroatoms. The fourth-order valence-corrected chi connectivity index (χ4v) is 2.95. The summed E-state index contributed by atoms with van der Waals surface area (Å²) in [5, 5.41) is 3.23. The van der Waals surface area contributed by atoms with Gasteiger partial charge in [0.1, 0.15) is 5.76 Å². The molecule has 0 radical (unpaired) electrons. The summed E-state index contributed by atoms with van der Waals surface area (Å²) in [6.07, 6.45) is 3.38. The summed E-state index contributed by atoms with van der Waals surface area (Å²) in [4.78, 5) is 0. The van der Waals surface area contributed by atoms with E-state index in [2.05, 4.69) is 23.9 Å². The van der Waals surface area contributed by atoms with Crippen LogP contribution in [0.5, 0.6) is 0 Å². The van der Waals surface area contributed by atoms with Crippen molar-refractivity contribution in [1.82, 2.24) is 10.0 Å². The van der Waals surface area contributed by atoms with E-state index in [0.29, 0.717) is 30.7 Å². The van der Waals surface area contributed by atoms with Gasteiger partial charge in [0.25, 0.3) is 10.0 Å². The lowest BCUT2D eigenvalue weighted by Gasteiger charge is -2.05. The Bertz CT molecular complexity index is 518. The van der Waals surface area contributed by atoms with Gasteiger partial charge < -0.3 is 9.73 Å². The van der Waals surface area contributed by atoms with E-state index < -0.39 is 10.0 Å². The van der Waals surface area contributed by atoms with Crippen LogP contribution in [0.3, 0.4) is 0 Å². The Balaban J connectivity index is 1.82. The van der Waals surface area contributed by atoms with Gasteiger partial charge >= 0.3 is 0 Å². The third kappa shape index (κ3) is 4.92. The molecule has 1 aromatic rings. The van der Waals surface area contributed by atoms with Crippen molar-refractivity contribution in [3.8, 4) is 0 Å². The van der Waals surface area contributed by atoms with E-state index in [0.717, 1.165) is 13.0 Å². The quantitative estimate of drug-likeness (QED) is 0.732. The number of hydrogen-bond donors (Lipinski definition) is 2. The first-order chi connectivity index (χ1) is 9.47. The topological polar surface area (TPSA) is 71.3 Å². The molecule has 0 spiro atoms. The van der Waals surface area contributed by atoms with Crippen molar-refractivity contribution in [2.75, 3.05) is 13.1 Å². The molecule has 0 unspecified atom stereocenters. The molecule has 0 bridgehead atoms. The third-order valence-corrected chi connectivity index (χ3v) is 4.63. The van der Waals surface area contributed by atoms with Crippen molar-refractivity contribution < 1.29 is 12.8 Å². The number of nitrogens with one attached hydrogen (secondary N) is 2. The van der Waals surface area contributed by atoms with E-state index >= 15 is 0 Å². The van der Waals surface area contributed by atoms with Crippen molar-refractivity contribution in [1.29, 1.82) is 0 Å². The molecular formula is C14H24N2O3S. The molecule has 2 rings (SSSR count). The summed E-state index contributed by atoms with van der Waals surface area (Å²) in [6.45, 7) is 6.16. The van der Waals surface area contributed by atoms with Crippen molar-refractivity contribution >= 4 is 10.0 Å². The number of sulfonamides is 1. The Hall–Kier alpha value is -0.850. The minimum absolute atomic E-state index is 0.00893. The van der Waals surface area contributed by atoms with Crippen LogP contribution in [0.4, 0.5) is 0 Å². The summed E-state index contributed by atoms with van der Waals surface area (Å²) in [7, 11) is -3.49. The smallest absolute Gasteiger partial charge is 0.273 e. The molecule has 20 heavy (non-hydrogen) atoms. The average molecular weight is 300 g/mol. The van der Waals surface area contributed by atoms with Gasteiger partial charge in [0.05, 0.1) is 6.54 Å². The van der Waals surface area contributed by atoms with Gasteiger partial charge in [-0.1, -0.05) is 26.7 Å². The molecule has 1 fully saturated rings. The lowest BCUT2D eigenvalue weighted by Crippen LogP contribution is -2.24. The Morgan fingerprint density at radius 2 is 2.10 bits per heavy atom. The summed E-state index contributed by atoms with van der Waals surface area (Å²) in [5.41, 5.74) is 0. The molecule has 1 heterocycles. The van der Waals surface area contributed by atoms with Crippen molar-refractivity contribution in [3.05, 3.63) is 17.9 Å². The molecule has 0 saturated heterocycles. The first-order valence-corrected chi connectivity index (χ1v) is 8.75. The molecule has 1 saturated carbocycles. The predicted molar refractivity (Wildman–Crippen MR) is 77.8 cm³/mol. The molecule has 0 amide bonds. The highest BCUT2D eigenvalue weighted by atomic mass is 32.2. The van der Waals surface area contributed by atoms with Crippen LogP contribution >= 0.6 is 0 Å². The van der Waals surface area contributed by atoms with E-state index in [1.165, 1.54) is 18.9 Å². The molecule has 0 aliphatic heterocycles. The second-order valence-electron chi connectivity index (χ2n) is 5.88. The molecule has 1 aromatic heterocycles. The maximum absolute atomic E-state index is 12.0. The summed E-state index contributed by atoms with van der Waals surface area (Å²) in [5.74, 6) is 1.91. The second-order valence-corrected chi connectivity index (χ2v) is 7.57. The Morgan fingerprint density at radius 3 is 2.75 bits per heavy atom. The minimum atomic E-state index is -3.49. The van der Waals surface area contributed by atoms with E-state index in [-0.39, 0.29) is 5.09 Å². The fourth-order valence-electron chi connectivity index (χ4n) is 1.96. The van der Waals surface area contributed by atoms with Crippen LogP contribution in [0.1, 0.15) is 38.9 Å². The Labute approximate surface area is 121 Å². The molecule has 1 aliphatic rings. The highest BCUT2D eigenvalue weighted by molar-refractivity contribution is 7.89. The van der Waals surface area contributed by atoms with E-state index in [9.17, 15) is 8.42 Å². The first kappa shape index (κ1) is 15.5. The molecule has 0 aromatic carbocycles. The summed E-state index contributed by atoms with van der Waals surface area (Å²) in [6, 6.07) is 3.23. The van der Waals surface area contributed by atoms with Crippen LogP contribution in [-0.2, 0) is 16.6 Å². The van der Waals surface area contributed by atoms with Crippen molar-refractivity contribution in [3.63, 3.8) is 0 Å². The molecular weight excluding hydrogens is 276 g/mol. The maximum Gasteiger partial charge on any atom is 0.273 e. The van der Waals surface area contributed by atoms with Gasteiger partial charge in [-0.3, -0.25) is 0 Å². The van der Waals surface area contributed by atoms with Crippen LogP contribution < -0.4 is 10.0 Å². The van der Waals surface area contributed by atoms with Crippen molar-refractivity contribution in [2.24, 2.45) is 11.8 Å². The monoisotopic (exact) mass is 300 g/mol.